The normalized spacial score (nSPS) is 23.9. The second-order valence-electron chi connectivity index (χ2n) is 4.35. The molecule has 1 aliphatic heterocycles. The van der Waals surface area contributed by atoms with Crippen LogP contribution in [0.1, 0.15) is 30.3 Å². The van der Waals surface area contributed by atoms with Gasteiger partial charge in [-0.15, -0.1) is 0 Å². The van der Waals surface area contributed by atoms with Gasteiger partial charge in [-0.3, -0.25) is 0 Å². The number of sulfone groups is 1. The molecule has 0 amide bonds. The molecule has 90 valence electrons. The first-order valence-electron chi connectivity index (χ1n) is 5.69. The van der Waals surface area contributed by atoms with Gasteiger partial charge in [0.25, 0.3) is 0 Å². The second kappa shape index (κ2) is 3.80. The lowest BCUT2D eigenvalue weighted by molar-refractivity contribution is 0.540. The average Bonchev–Trinajstić information content (AvgIpc) is 2.71. The third-order valence-electron chi connectivity index (χ3n) is 3.16. The largest absolute Gasteiger partial charge is 0.340 e. The SMILES string of the molecule is O=S1(=O)CCCCC1c1nc2ncccc2[nH]1. The molecule has 0 aliphatic carbocycles. The molecule has 3 heterocycles. The maximum Gasteiger partial charge on any atom is 0.177 e. The van der Waals surface area contributed by atoms with Gasteiger partial charge in [-0.05, 0) is 25.0 Å². The van der Waals surface area contributed by atoms with Crippen LogP contribution in [0, 0.1) is 0 Å². The highest BCUT2D eigenvalue weighted by Crippen LogP contribution is 2.32. The van der Waals surface area contributed by atoms with E-state index in [1.54, 1.807) is 12.3 Å². The Balaban J connectivity index is 2.08. The fraction of sp³-hybridized carbons (Fsp3) is 0.455. The van der Waals surface area contributed by atoms with Gasteiger partial charge in [0.05, 0.1) is 11.3 Å². The van der Waals surface area contributed by atoms with Gasteiger partial charge in [0.2, 0.25) is 0 Å². The van der Waals surface area contributed by atoms with Gasteiger partial charge in [0.15, 0.2) is 15.5 Å². The summed E-state index contributed by atoms with van der Waals surface area (Å²) in [6.45, 7) is 0. The summed E-state index contributed by atoms with van der Waals surface area (Å²) in [6, 6.07) is 3.66. The Morgan fingerprint density at radius 2 is 2.24 bits per heavy atom. The van der Waals surface area contributed by atoms with Crippen LogP contribution in [0.15, 0.2) is 18.3 Å². The van der Waals surface area contributed by atoms with Gasteiger partial charge in [0, 0.05) is 6.20 Å². The number of aromatic nitrogens is 3. The summed E-state index contributed by atoms with van der Waals surface area (Å²) in [4.78, 5) is 11.5. The van der Waals surface area contributed by atoms with E-state index in [2.05, 4.69) is 15.0 Å². The standard InChI is InChI=1S/C11H13N3O2S/c15-17(16)7-2-1-5-9(17)11-13-8-4-3-6-12-10(8)14-11/h3-4,6,9H,1-2,5,7H2,(H,12,13,14). The van der Waals surface area contributed by atoms with E-state index in [9.17, 15) is 8.42 Å². The number of hydrogen-bond donors (Lipinski definition) is 1. The third kappa shape index (κ3) is 1.82. The van der Waals surface area contributed by atoms with Crippen LogP contribution in [0.5, 0.6) is 0 Å². The number of imidazole rings is 1. The number of fused-ring (bicyclic) bond motifs is 1. The van der Waals surface area contributed by atoms with E-state index in [4.69, 9.17) is 0 Å². The van der Waals surface area contributed by atoms with Crippen LogP contribution in [0.2, 0.25) is 0 Å². The molecule has 1 saturated heterocycles. The number of hydrogen-bond acceptors (Lipinski definition) is 4. The van der Waals surface area contributed by atoms with Crippen LogP contribution in [-0.2, 0) is 9.84 Å². The average molecular weight is 251 g/mol. The highest BCUT2D eigenvalue weighted by molar-refractivity contribution is 7.91. The van der Waals surface area contributed by atoms with E-state index in [-0.39, 0.29) is 5.75 Å². The zero-order chi connectivity index (χ0) is 11.9. The molecule has 2 aromatic heterocycles. The number of H-pyrrole nitrogens is 1. The molecule has 0 radical (unpaired) electrons. The molecular weight excluding hydrogens is 238 g/mol. The van der Waals surface area contributed by atoms with Crippen molar-refractivity contribution in [3.63, 3.8) is 0 Å². The van der Waals surface area contributed by atoms with Crippen LogP contribution in [0.3, 0.4) is 0 Å². The number of rotatable bonds is 1. The third-order valence-corrected chi connectivity index (χ3v) is 5.34. The summed E-state index contributed by atoms with van der Waals surface area (Å²) in [5.74, 6) is 0.806. The topological polar surface area (TPSA) is 75.7 Å². The molecule has 1 fully saturated rings. The van der Waals surface area contributed by atoms with E-state index in [0.717, 1.165) is 18.4 Å². The van der Waals surface area contributed by atoms with Crippen molar-refractivity contribution in [3.8, 4) is 0 Å². The molecule has 5 nitrogen and oxygen atoms in total. The summed E-state index contributed by atoms with van der Waals surface area (Å²) < 4.78 is 24.0. The summed E-state index contributed by atoms with van der Waals surface area (Å²) in [7, 11) is -3.05. The molecule has 0 spiro atoms. The lowest BCUT2D eigenvalue weighted by atomic mass is 10.2. The predicted molar refractivity (Wildman–Crippen MR) is 64.3 cm³/mol. The first-order chi connectivity index (χ1) is 8.17. The molecule has 0 aromatic carbocycles. The highest BCUT2D eigenvalue weighted by atomic mass is 32.2. The molecule has 1 unspecified atom stereocenters. The van der Waals surface area contributed by atoms with E-state index in [1.807, 2.05) is 6.07 Å². The van der Waals surface area contributed by atoms with Gasteiger partial charge in [-0.1, -0.05) is 6.42 Å². The van der Waals surface area contributed by atoms with Gasteiger partial charge in [-0.2, -0.15) is 0 Å². The maximum absolute atomic E-state index is 12.0. The van der Waals surface area contributed by atoms with Crippen LogP contribution >= 0.6 is 0 Å². The lowest BCUT2D eigenvalue weighted by Crippen LogP contribution is -2.22. The van der Waals surface area contributed by atoms with Crippen molar-refractivity contribution in [2.24, 2.45) is 0 Å². The molecule has 0 saturated carbocycles. The van der Waals surface area contributed by atoms with Gasteiger partial charge in [0.1, 0.15) is 11.1 Å². The fourth-order valence-corrected chi connectivity index (χ4v) is 4.15. The van der Waals surface area contributed by atoms with Crippen LogP contribution < -0.4 is 0 Å². The summed E-state index contributed by atoms with van der Waals surface area (Å²) >= 11 is 0. The lowest BCUT2D eigenvalue weighted by Gasteiger charge is -2.19. The van der Waals surface area contributed by atoms with E-state index in [1.165, 1.54) is 0 Å². The van der Waals surface area contributed by atoms with Crippen molar-refractivity contribution >= 4 is 21.0 Å². The molecule has 2 aromatic rings. The maximum atomic E-state index is 12.0. The fourth-order valence-electron chi connectivity index (χ4n) is 2.28. The van der Waals surface area contributed by atoms with E-state index >= 15 is 0 Å². The van der Waals surface area contributed by atoms with Crippen molar-refractivity contribution < 1.29 is 8.42 Å². The number of nitrogens with one attached hydrogen (secondary N) is 1. The number of nitrogens with zero attached hydrogens (tertiary/aromatic N) is 2. The summed E-state index contributed by atoms with van der Waals surface area (Å²) in [6.07, 6.45) is 4.01. The van der Waals surface area contributed by atoms with Gasteiger partial charge >= 0.3 is 0 Å². The Morgan fingerprint density at radius 3 is 3.00 bits per heavy atom. The van der Waals surface area contributed by atoms with Gasteiger partial charge < -0.3 is 4.98 Å². The summed E-state index contributed by atoms with van der Waals surface area (Å²) in [5, 5.41) is -0.481. The zero-order valence-electron chi connectivity index (χ0n) is 9.26. The Labute approximate surface area is 99.2 Å². The molecule has 1 N–H and O–H groups in total. The van der Waals surface area contributed by atoms with Crippen molar-refractivity contribution in [2.45, 2.75) is 24.5 Å². The second-order valence-corrected chi connectivity index (χ2v) is 6.65. The van der Waals surface area contributed by atoms with E-state index < -0.39 is 15.1 Å². The van der Waals surface area contributed by atoms with Gasteiger partial charge in [-0.25, -0.2) is 18.4 Å². The quantitative estimate of drug-likeness (QED) is 0.835. The van der Waals surface area contributed by atoms with Crippen molar-refractivity contribution in [1.29, 1.82) is 0 Å². The summed E-state index contributed by atoms with van der Waals surface area (Å²) in [5.41, 5.74) is 1.38. The Morgan fingerprint density at radius 1 is 1.35 bits per heavy atom. The molecule has 0 bridgehead atoms. The molecule has 1 atom stereocenters. The minimum Gasteiger partial charge on any atom is -0.340 e. The molecule has 6 heteroatoms. The highest BCUT2D eigenvalue weighted by Gasteiger charge is 2.32. The Kier molecular flexibility index (Phi) is 2.39. The monoisotopic (exact) mass is 251 g/mol. The molecule has 3 rings (SSSR count). The smallest absolute Gasteiger partial charge is 0.177 e. The van der Waals surface area contributed by atoms with Crippen LogP contribution in [0.4, 0.5) is 0 Å². The number of aromatic amines is 1. The van der Waals surface area contributed by atoms with Crippen molar-refractivity contribution in [3.05, 3.63) is 24.2 Å². The van der Waals surface area contributed by atoms with E-state index in [0.29, 0.717) is 17.9 Å². The molecule has 17 heavy (non-hydrogen) atoms. The molecule has 1 aliphatic rings. The minimum atomic E-state index is -3.05. The first kappa shape index (κ1) is 10.7. The van der Waals surface area contributed by atoms with Crippen molar-refractivity contribution in [2.75, 3.05) is 5.75 Å². The zero-order valence-corrected chi connectivity index (χ0v) is 10.1. The predicted octanol–water partition coefficient (Wildman–Crippen LogP) is 1.60. The Hall–Kier alpha value is -1.43. The minimum absolute atomic E-state index is 0.266. The van der Waals surface area contributed by atoms with Crippen LogP contribution in [0.25, 0.3) is 11.2 Å². The van der Waals surface area contributed by atoms with Crippen LogP contribution in [-0.4, -0.2) is 29.1 Å². The van der Waals surface area contributed by atoms with Crippen molar-refractivity contribution in [1.82, 2.24) is 15.0 Å². The first-order valence-corrected chi connectivity index (χ1v) is 7.40. The Bertz CT molecular complexity index is 615. The molecular formula is C11H13N3O2S. The number of pyridine rings is 1.